The Balaban J connectivity index is 0.00000341. The highest BCUT2D eigenvalue weighted by Crippen LogP contribution is 2.34. The fraction of sp³-hybridized carbons (Fsp3) is 0.346. The Morgan fingerprint density at radius 2 is 1.48 bits per heavy atom. The molecular weight excluding hydrogens is 388 g/mol. The lowest BCUT2D eigenvalue weighted by molar-refractivity contribution is 0.0697. The molecule has 0 bridgehead atoms. The van der Waals surface area contributed by atoms with Gasteiger partial charge >= 0.3 is 5.97 Å². The van der Waals surface area contributed by atoms with Crippen LogP contribution in [0.3, 0.4) is 0 Å². The normalized spacial score (nSPS) is 11.6. The molecule has 2 aromatic carbocycles. The minimum absolute atomic E-state index is 0. The number of aromatic nitrogens is 2. The van der Waals surface area contributed by atoms with Crippen molar-refractivity contribution in [2.45, 2.75) is 53.1 Å². The summed E-state index contributed by atoms with van der Waals surface area (Å²) in [6.07, 6.45) is 6.67. The van der Waals surface area contributed by atoms with E-state index in [1.807, 2.05) is 24.3 Å². The van der Waals surface area contributed by atoms with Gasteiger partial charge in [-0.1, -0.05) is 58.4 Å². The van der Waals surface area contributed by atoms with Gasteiger partial charge in [-0.15, -0.1) is 0 Å². The molecule has 1 heterocycles. The van der Waals surface area contributed by atoms with Crippen molar-refractivity contribution in [3.63, 3.8) is 0 Å². The zero-order chi connectivity index (χ0) is 21.3. The maximum atomic E-state index is 11.2. The van der Waals surface area contributed by atoms with Crippen LogP contribution in [0.2, 0.25) is 0 Å². The number of rotatable bonds is 10. The van der Waals surface area contributed by atoms with E-state index in [-0.39, 0.29) is 13.3 Å². The molecule has 1 aromatic heterocycles. The van der Waals surface area contributed by atoms with Gasteiger partial charge in [0, 0.05) is 18.3 Å². The molecular formula is C26H32N2O3. The van der Waals surface area contributed by atoms with Gasteiger partial charge in [0.15, 0.2) is 5.82 Å². The molecule has 0 aliphatic heterocycles. The topological polar surface area (TPSA) is 72.3 Å². The summed E-state index contributed by atoms with van der Waals surface area (Å²) in [5, 5.41) is 9.19. The maximum absolute atomic E-state index is 11.2. The second-order valence-corrected chi connectivity index (χ2v) is 7.42. The third-order valence-corrected chi connectivity index (χ3v) is 5.55. The molecule has 1 N–H and O–H groups in total. The van der Waals surface area contributed by atoms with Crippen LogP contribution in [-0.2, 0) is 6.61 Å². The summed E-state index contributed by atoms with van der Waals surface area (Å²) in [6, 6.07) is 17.2. The lowest BCUT2D eigenvalue weighted by Gasteiger charge is -2.23. The van der Waals surface area contributed by atoms with Crippen molar-refractivity contribution < 1.29 is 14.6 Å². The minimum Gasteiger partial charge on any atom is -0.486 e. The molecule has 164 valence electrons. The van der Waals surface area contributed by atoms with Crippen LogP contribution < -0.4 is 4.74 Å². The van der Waals surface area contributed by atoms with E-state index in [1.54, 1.807) is 30.6 Å². The standard InChI is InChI=1S/C25H28N2O3.CH4/c1-3-18(4-2)16-23(19-6-8-21(9-7-19)25(28)29)20-10-12-22(13-11-20)30-17-24-26-14-5-15-27-24;/h5-15,18,23H,3-4,16-17H2,1-2H3,(H,28,29);1H4. The molecule has 5 heteroatoms. The predicted octanol–water partition coefficient (Wildman–Crippen LogP) is 6.35. The van der Waals surface area contributed by atoms with Crippen molar-refractivity contribution in [1.29, 1.82) is 0 Å². The van der Waals surface area contributed by atoms with Crippen LogP contribution in [0.25, 0.3) is 0 Å². The highest BCUT2D eigenvalue weighted by atomic mass is 16.5. The van der Waals surface area contributed by atoms with Crippen molar-refractivity contribution in [3.05, 3.63) is 89.5 Å². The lowest BCUT2D eigenvalue weighted by atomic mass is 9.81. The molecule has 31 heavy (non-hydrogen) atoms. The molecule has 1 atom stereocenters. The van der Waals surface area contributed by atoms with Crippen LogP contribution in [-0.4, -0.2) is 21.0 Å². The van der Waals surface area contributed by atoms with Crippen LogP contribution in [0, 0.1) is 5.92 Å². The van der Waals surface area contributed by atoms with Gasteiger partial charge in [-0.05, 0) is 53.8 Å². The van der Waals surface area contributed by atoms with Crippen LogP contribution in [0.1, 0.15) is 73.8 Å². The average molecular weight is 421 g/mol. The van der Waals surface area contributed by atoms with Gasteiger partial charge in [-0.2, -0.15) is 0 Å². The Kier molecular flexibility index (Phi) is 9.19. The van der Waals surface area contributed by atoms with Crippen LogP contribution >= 0.6 is 0 Å². The van der Waals surface area contributed by atoms with Crippen molar-refractivity contribution >= 4 is 5.97 Å². The second kappa shape index (κ2) is 11.8. The largest absolute Gasteiger partial charge is 0.486 e. The van der Waals surface area contributed by atoms with Gasteiger partial charge in [0.1, 0.15) is 12.4 Å². The van der Waals surface area contributed by atoms with E-state index < -0.39 is 5.97 Å². The summed E-state index contributed by atoms with van der Waals surface area (Å²) in [5.74, 6) is 1.34. The first-order valence-corrected chi connectivity index (χ1v) is 10.4. The summed E-state index contributed by atoms with van der Waals surface area (Å²) in [6.45, 7) is 4.77. The first-order valence-electron chi connectivity index (χ1n) is 10.4. The Bertz CT molecular complexity index is 921. The lowest BCUT2D eigenvalue weighted by Crippen LogP contribution is -2.09. The molecule has 0 saturated heterocycles. The highest BCUT2D eigenvalue weighted by Gasteiger charge is 2.19. The summed E-state index contributed by atoms with van der Waals surface area (Å²) in [4.78, 5) is 19.5. The number of nitrogens with zero attached hydrogens (tertiary/aromatic N) is 2. The van der Waals surface area contributed by atoms with Gasteiger partial charge < -0.3 is 9.84 Å². The van der Waals surface area contributed by atoms with Crippen molar-refractivity contribution in [2.24, 2.45) is 5.92 Å². The number of ether oxygens (including phenoxy) is 1. The number of carbonyl (C=O) groups is 1. The fourth-order valence-corrected chi connectivity index (χ4v) is 3.63. The maximum Gasteiger partial charge on any atom is 0.335 e. The molecule has 0 radical (unpaired) electrons. The number of carboxylic acid groups (broad SMARTS) is 1. The van der Waals surface area contributed by atoms with Gasteiger partial charge in [0.25, 0.3) is 0 Å². The monoisotopic (exact) mass is 420 g/mol. The molecule has 0 amide bonds. The first-order chi connectivity index (χ1) is 14.6. The van der Waals surface area contributed by atoms with E-state index in [2.05, 4.69) is 35.9 Å². The Labute approximate surface area is 185 Å². The average Bonchev–Trinajstić information content (AvgIpc) is 2.80. The van der Waals surface area contributed by atoms with Crippen LogP contribution in [0.5, 0.6) is 5.75 Å². The van der Waals surface area contributed by atoms with Crippen molar-refractivity contribution in [3.8, 4) is 5.75 Å². The predicted molar refractivity (Wildman–Crippen MR) is 123 cm³/mol. The van der Waals surface area contributed by atoms with Gasteiger partial charge in [0.05, 0.1) is 5.56 Å². The van der Waals surface area contributed by atoms with Gasteiger partial charge in [0.2, 0.25) is 0 Å². The first kappa shape index (κ1) is 24.1. The third kappa shape index (κ3) is 6.64. The molecule has 5 nitrogen and oxygen atoms in total. The quantitative estimate of drug-likeness (QED) is 0.414. The van der Waals surface area contributed by atoms with E-state index in [1.165, 1.54) is 5.56 Å². The fourth-order valence-electron chi connectivity index (χ4n) is 3.63. The summed E-state index contributed by atoms with van der Waals surface area (Å²) < 4.78 is 5.81. The van der Waals surface area contributed by atoms with Crippen LogP contribution in [0.15, 0.2) is 67.0 Å². The molecule has 3 rings (SSSR count). The van der Waals surface area contributed by atoms with E-state index in [0.29, 0.717) is 23.9 Å². The number of benzene rings is 2. The zero-order valence-electron chi connectivity index (χ0n) is 17.5. The molecule has 0 saturated carbocycles. The molecule has 3 aromatic rings. The van der Waals surface area contributed by atoms with E-state index in [0.717, 1.165) is 30.6 Å². The number of carboxylic acids is 1. The van der Waals surface area contributed by atoms with Crippen molar-refractivity contribution in [1.82, 2.24) is 9.97 Å². The summed E-state index contributed by atoms with van der Waals surface area (Å²) in [5.41, 5.74) is 2.65. The van der Waals surface area contributed by atoms with Gasteiger partial charge in [-0.3, -0.25) is 0 Å². The molecule has 0 fully saturated rings. The molecule has 1 unspecified atom stereocenters. The summed E-state index contributed by atoms with van der Waals surface area (Å²) >= 11 is 0. The van der Waals surface area contributed by atoms with E-state index in [4.69, 9.17) is 4.74 Å². The SMILES string of the molecule is C.CCC(CC)CC(c1ccc(OCc2ncccn2)cc1)c1ccc(C(=O)O)cc1. The van der Waals surface area contributed by atoms with Crippen LogP contribution in [0.4, 0.5) is 0 Å². The van der Waals surface area contributed by atoms with Gasteiger partial charge in [-0.25, -0.2) is 14.8 Å². The number of hydrogen-bond donors (Lipinski definition) is 1. The molecule has 0 spiro atoms. The Morgan fingerprint density at radius 1 is 0.935 bits per heavy atom. The second-order valence-electron chi connectivity index (χ2n) is 7.42. The van der Waals surface area contributed by atoms with Crippen molar-refractivity contribution in [2.75, 3.05) is 0 Å². The van der Waals surface area contributed by atoms with E-state index in [9.17, 15) is 9.90 Å². The Morgan fingerprint density at radius 3 is 2.00 bits per heavy atom. The number of hydrogen-bond acceptors (Lipinski definition) is 4. The van der Waals surface area contributed by atoms with E-state index >= 15 is 0 Å². The highest BCUT2D eigenvalue weighted by molar-refractivity contribution is 5.87. The zero-order valence-corrected chi connectivity index (χ0v) is 17.5. The number of aromatic carboxylic acids is 1. The molecule has 0 aliphatic rings. The minimum atomic E-state index is -0.901. The smallest absolute Gasteiger partial charge is 0.335 e. The Hall–Kier alpha value is -3.21. The summed E-state index contributed by atoms with van der Waals surface area (Å²) in [7, 11) is 0. The molecule has 0 aliphatic carbocycles. The third-order valence-electron chi connectivity index (χ3n) is 5.55.